The van der Waals surface area contributed by atoms with E-state index >= 15 is 0 Å². The zero-order valence-electron chi connectivity index (χ0n) is 13.1. The van der Waals surface area contributed by atoms with Gasteiger partial charge in [-0.25, -0.2) is 15.8 Å². The molecule has 0 aromatic carbocycles. The number of nitrogen functional groups attached to an aromatic ring is 1. The minimum absolute atomic E-state index is 0.580. The molecule has 112 valence electrons. The zero-order valence-corrected chi connectivity index (χ0v) is 13.1. The van der Waals surface area contributed by atoms with Crippen LogP contribution in [0.3, 0.4) is 0 Å². The minimum atomic E-state index is 0.580. The second-order valence-corrected chi connectivity index (χ2v) is 5.91. The molecule has 1 aromatic rings. The monoisotopic (exact) mass is 277 g/mol. The molecule has 3 N–H and O–H groups in total. The minimum Gasteiger partial charge on any atom is -0.356 e. The van der Waals surface area contributed by atoms with Crippen LogP contribution in [0.1, 0.15) is 50.4 Å². The Morgan fingerprint density at radius 3 is 2.40 bits per heavy atom. The van der Waals surface area contributed by atoms with Gasteiger partial charge in [0, 0.05) is 18.7 Å². The molecular formula is C15H27N5. The van der Waals surface area contributed by atoms with Crippen molar-refractivity contribution in [2.24, 2.45) is 11.8 Å². The van der Waals surface area contributed by atoms with Crippen molar-refractivity contribution < 1.29 is 0 Å². The summed E-state index contributed by atoms with van der Waals surface area (Å²) < 4.78 is 0. The Labute approximate surface area is 121 Å². The number of nitrogens with zero attached hydrogens (tertiary/aromatic N) is 3. The smallest absolute Gasteiger partial charge is 0.148 e. The fraction of sp³-hybridized carbons (Fsp3) is 0.733. The molecule has 0 spiro atoms. The number of hydrogen-bond donors (Lipinski definition) is 2. The van der Waals surface area contributed by atoms with E-state index in [-0.39, 0.29) is 0 Å². The quantitative estimate of drug-likeness (QED) is 0.654. The molecule has 0 atom stereocenters. The van der Waals surface area contributed by atoms with E-state index in [0.29, 0.717) is 6.04 Å². The van der Waals surface area contributed by atoms with Crippen LogP contribution in [0, 0.1) is 19.8 Å². The average Bonchev–Trinajstić information content (AvgIpc) is 2.48. The number of rotatable bonds is 4. The number of nitrogens with one attached hydrogen (secondary N) is 1. The molecule has 2 rings (SSSR count). The highest BCUT2D eigenvalue weighted by Gasteiger charge is 2.25. The maximum atomic E-state index is 5.54. The van der Waals surface area contributed by atoms with Gasteiger partial charge in [-0.2, -0.15) is 0 Å². The van der Waals surface area contributed by atoms with Crippen molar-refractivity contribution in [3.8, 4) is 0 Å². The maximum Gasteiger partial charge on any atom is 0.148 e. The van der Waals surface area contributed by atoms with E-state index in [4.69, 9.17) is 5.84 Å². The standard InChI is InChI=1S/C15H27N5/c1-5-12-6-8-13(9-7-12)20(4)15-10(2)14(19-16)17-11(3)18-15/h12-13H,5-9,16H2,1-4H3,(H,17,18,19). The van der Waals surface area contributed by atoms with Gasteiger partial charge in [-0.1, -0.05) is 13.3 Å². The highest BCUT2D eigenvalue weighted by Crippen LogP contribution is 2.32. The van der Waals surface area contributed by atoms with Crippen LogP contribution in [-0.4, -0.2) is 23.1 Å². The van der Waals surface area contributed by atoms with Gasteiger partial charge < -0.3 is 10.3 Å². The SMILES string of the molecule is CCC1CCC(N(C)c2nc(C)nc(NN)c2C)CC1. The molecule has 1 aliphatic rings. The lowest BCUT2D eigenvalue weighted by Gasteiger charge is -2.36. The molecular weight excluding hydrogens is 250 g/mol. The van der Waals surface area contributed by atoms with Gasteiger partial charge in [0.15, 0.2) is 0 Å². The normalized spacial score (nSPS) is 22.6. The predicted octanol–water partition coefficient (Wildman–Crippen LogP) is 2.78. The summed E-state index contributed by atoms with van der Waals surface area (Å²) in [4.78, 5) is 11.3. The average molecular weight is 277 g/mol. The van der Waals surface area contributed by atoms with E-state index in [1.165, 1.54) is 32.1 Å². The van der Waals surface area contributed by atoms with Gasteiger partial charge in [0.25, 0.3) is 0 Å². The Bertz CT molecular complexity index is 452. The first-order valence-corrected chi connectivity index (χ1v) is 7.61. The van der Waals surface area contributed by atoms with Crippen LogP contribution in [-0.2, 0) is 0 Å². The molecule has 1 saturated carbocycles. The Kier molecular flexibility index (Phi) is 4.81. The third-order valence-electron chi connectivity index (χ3n) is 4.64. The molecule has 1 fully saturated rings. The van der Waals surface area contributed by atoms with Gasteiger partial charge >= 0.3 is 0 Å². The molecule has 1 aromatic heterocycles. The predicted molar refractivity (Wildman–Crippen MR) is 83.8 cm³/mol. The fourth-order valence-electron chi connectivity index (χ4n) is 3.21. The highest BCUT2D eigenvalue weighted by atomic mass is 15.3. The second-order valence-electron chi connectivity index (χ2n) is 5.91. The maximum absolute atomic E-state index is 5.54. The lowest BCUT2D eigenvalue weighted by atomic mass is 9.84. The fourth-order valence-corrected chi connectivity index (χ4v) is 3.21. The Balaban J connectivity index is 2.17. The largest absolute Gasteiger partial charge is 0.356 e. The van der Waals surface area contributed by atoms with Crippen LogP contribution in [0.15, 0.2) is 0 Å². The first kappa shape index (κ1) is 15.0. The van der Waals surface area contributed by atoms with Crippen molar-refractivity contribution >= 4 is 11.6 Å². The second kappa shape index (κ2) is 6.39. The number of aryl methyl sites for hydroxylation is 1. The Morgan fingerprint density at radius 1 is 1.20 bits per heavy atom. The summed E-state index contributed by atoms with van der Waals surface area (Å²) in [5.41, 5.74) is 3.70. The summed E-state index contributed by atoms with van der Waals surface area (Å²) in [6, 6.07) is 0.580. The van der Waals surface area contributed by atoms with Gasteiger partial charge in [-0.3, -0.25) is 0 Å². The molecule has 0 unspecified atom stereocenters. The van der Waals surface area contributed by atoms with E-state index in [1.54, 1.807) is 0 Å². The molecule has 1 heterocycles. The first-order valence-electron chi connectivity index (χ1n) is 7.61. The third kappa shape index (κ3) is 3.03. The number of anilines is 2. The van der Waals surface area contributed by atoms with Gasteiger partial charge in [0.05, 0.1) is 0 Å². The molecule has 5 nitrogen and oxygen atoms in total. The molecule has 0 bridgehead atoms. The van der Waals surface area contributed by atoms with Crippen molar-refractivity contribution in [2.75, 3.05) is 17.4 Å². The molecule has 0 radical (unpaired) electrons. The molecule has 0 amide bonds. The van der Waals surface area contributed by atoms with Crippen LogP contribution in [0.4, 0.5) is 11.6 Å². The summed E-state index contributed by atoms with van der Waals surface area (Å²) in [6.07, 6.45) is 6.47. The first-order chi connectivity index (χ1) is 9.56. The Morgan fingerprint density at radius 2 is 1.85 bits per heavy atom. The number of aromatic nitrogens is 2. The molecule has 0 aliphatic heterocycles. The number of nitrogens with two attached hydrogens (primary N) is 1. The van der Waals surface area contributed by atoms with E-state index in [0.717, 1.165) is 28.9 Å². The van der Waals surface area contributed by atoms with Crippen LogP contribution >= 0.6 is 0 Å². The van der Waals surface area contributed by atoms with E-state index in [1.807, 2.05) is 13.8 Å². The Hall–Kier alpha value is -1.36. The molecule has 20 heavy (non-hydrogen) atoms. The summed E-state index contributed by atoms with van der Waals surface area (Å²) >= 11 is 0. The van der Waals surface area contributed by atoms with E-state index in [2.05, 4.69) is 34.3 Å². The molecule has 0 saturated heterocycles. The zero-order chi connectivity index (χ0) is 14.7. The van der Waals surface area contributed by atoms with Crippen LogP contribution in [0.5, 0.6) is 0 Å². The highest BCUT2D eigenvalue weighted by molar-refractivity contribution is 5.58. The topological polar surface area (TPSA) is 67.1 Å². The van der Waals surface area contributed by atoms with E-state index < -0.39 is 0 Å². The lowest BCUT2D eigenvalue weighted by Crippen LogP contribution is -2.36. The summed E-state index contributed by atoms with van der Waals surface area (Å²) in [5, 5.41) is 0. The molecule has 5 heteroatoms. The summed E-state index contributed by atoms with van der Waals surface area (Å²) in [5.74, 6) is 8.94. The third-order valence-corrected chi connectivity index (χ3v) is 4.64. The van der Waals surface area contributed by atoms with Gasteiger partial charge in [0.2, 0.25) is 0 Å². The van der Waals surface area contributed by atoms with Crippen molar-refractivity contribution in [1.29, 1.82) is 0 Å². The van der Waals surface area contributed by atoms with Gasteiger partial charge in [-0.05, 0) is 45.4 Å². The molecule has 1 aliphatic carbocycles. The summed E-state index contributed by atoms with van der Waals surface area (Å²) in [6.45, 7) is 6.23. The summed E-state index contributed by atoms with van der Waals surface area (Å²) in [7, 11) is 2.14. The number of hydrazine groups is 1. The van der Waals surface area contributed by atoms with Gasteiger partial charge in [0.1, 0.15) is 17.5 Å². The van der Waals surface area contributed by atoms with Crippen LogP contribution in [0.2, 0.25) is 0 Å². The lowest BCUT2D eigenvalue weighted by molar-refractivity contribution is 0.312. The van der Waals surface area contributed by atoms with E-state index in [9.17, 15) is 0 Å². The van der Waals surface area contributed by atoms with Gasteiger partial charge in [-0.15, -0.1) is 0 Å². The van der Waals surface area contributed by atoms with Crippen molar-refractivity contribution in [3.05, 3.63) is 11.4 Å². The number of hydrogen-bond acceptors (Lipinski definition) is 5. The van der Waals surface area contributed by atoms with Crippen molar-refractivity contribution in [1.82, 2.24) is 9.97 Å². The van der Waals surface area contributed by atoms with Crippen molar-refractivity contribution in [3.63, 3.8) is 0 Å². The van der Waals surface area contributed by atoms with Crippen LogP contribution in [0.25, 0.3) is 0 Å². The van der Waals surface area contributed by atoms with Crippen molar-refractivity contribution in [2.45, 2.75) is 58.9 Å². The van der Waals surface area contributed by atoms with Crippen LogP contribution < -0.4 is 16.2 Å².